The van der Waals surface area contributed by atoms with Crippen molar-refractivity contribution in [3.05, 3.63) is 56.8 Å². The van der Waals surface area contributed by atoms with Crippen molar-refractivity contribution in [1.29, 1.82) is 0 Å². The lowest BCUT2D eigenvalue weighted by Gasteiger charge is -2.26. The van der Waals surface area contributed by atoms with E-state index in [1.807, 2.05) is 0 Å². The predicted octanol–water partition coefficient (Wildman–Crippen LogP) is 5.13. The van der Waals surface area contributed by atoms with Crippen LogP contribution in [0.4, 0.5) is 32.4 Å². The Balaban J connectivity index is 1.72. The normalized spacial score (nSPS) is 20.0. The molecule has 30 heavy (non-hydrogen) atoms. The molecule has 1 heterocycles. The van der Waals surface area contributed by atoms with E-state index in [0.717, 1.165) is 25.1 Å². The van der Waals surface area contributed by atoms with Gasteiger partial charge in [-0.15, -0.1) is 0 Å². The molecule has 0 bridgehead atoms. The Kier molecular flexibility index (Phi) is 5.63. The highest BCUT2D eigenvalue weighted by Gasteiger charge is 2.57. The summed E-state index contributed by atoms with van der Waals surface area (Å²) in [6.45, 7) is 0.735. The van der Waals surface area contributed by atoms with E-state index in [9.17, 15) is 31.9 Å². The van der Waals surface area contributed by atoms with Crippen molar-refractivity contribution in [2.75, 3.05) is 5.32 Å². The summed E-state index contributed by atoms with van der Waals surface area (Å²) >= 11 is 12.2. The molecule has 2 aromatic rings. The molecule has 1 aromatic heterocycles. The number of fused-ring (bicyclic) bond motifs is 1. The van der Waals surface area contributed by atoms with Crippen LogP contribution >= 0.6 is 23.2 Å². The highest BCUT2D eigenvalue weighted by atomic mass is 35.5. The third kappa shape index (κ3) is 4.03. The first kappa shape index (κ1) is 22.5. The molecule has 5 nitrogen and oxygen atoms in total. The van der Waals surface area contributed by atoms with Gasteiger partial charge >= 0.3 is 12.2 Å². The third-order valence-electron chi connectivity index (χ3n) is 4.78. The fraction of sp³-hybridized carbons (Fsp3) is 0.333. The second kappa shape index (κ2) is 7.51. The van der Waals surface area contributed by atoms with Gasteiger partial charge in [-0.05, 0) is 36.2 Å². The number of benzene rings is 1. The van der Waals surface area contributed by atoms with Crippen molar-refractivity contribution in [3.63, 3.8) is 0 Å². The molecule has 0 aliphatic heterocycles. The van der Waals surface area contributed by atoms with E-state index in [2.05, 4.69) is 15.6 Å². The molecule has 0 spiro atoms. The Morgan fingerprint density at radius 1 is 1.30 bits per heavy atom. The minimum Gasteiger partial charge on any atom is -0.379 e. The number of hydrogen-bond donors (Lipinski definition) is 3. The van der Waals surface area contributed by atoms with Crippen LogP contribution in [0.1, 0.15) is 29.3 Å². The van der Waals surface area contributed by atoms with E-state index in [1.165, 1.54) is 0 Å². The summed E-state index contributed by atoms with van der Waals surface area (Å²) in [6.07, 6.45) is -4.73. The molecule has 1 aliphatic carbocycles. The van der Waals surface area contributed by atoms with Crippen molar-refractivity contribution < 1.29 is 31.9 Å². The lowest BCUT2D eigenvalue weighted by molar-refractivity contribution is -0.163. The summed E-state index contributed by atoms with van der Waals surface area (Å²) in [5, 5.41) is 14.4. The highest BCUT2D eigenvalue weighted by molar-refractivity contribution is 6.40. The van der Waals surface area contributed by atoms with Gasteiger partial charge in [0.25, 0.3) is 5.92 Å². The van der Waals surface area contributed by atoms with Crippen molar-refractivity contribution in [2.45, 2.75) is 37.6 Å². The van der Waals surface area contributed by atoms with E-state index in [1.54, 1.807) is 0 Å². The zero-order chi connectivity index (χ0) is 22.5. The number of amides is 2. The maximum absolute atomic E-state index is 14.1. The summed E-state index contributed by atoms with van der Waals surface area (Å²) < 4.78 is 65.8. The Labute approximate surface area is 177 Å². The van der Waals surface area contributed by atoms with E-state index >= 15 is 0 Å². The topological polar surface area (TPSA) is 74.2 Å². The summed E-state index contributed by atoms with van der Waals surface area (Å²) in [5.41, 5.74) is -3.56. The summed E-state index contributed by atoms with van der Waals surface area (Å²) in [7, 11) is 0. The Morgan fingerprint density at radius 3 is 2.53 bits per heavy atom. The van der Waals surface area contributed by atoms with Gasteiger partial charge in [0.05, 0.1) is 33.5 Å². The second-order valence-corrected chi connectivity index (χ2v) is 7.66. The van der Waals surface area contributed by atoms with Crippen LogP contribution in [-0.2, 0) is 24.7 Å². The average molecular weight is 470 g/mol. The van der Waals surface area contributed by atoms with Crippen LogP contribution in [0.2, 0.25) is 10.0 Å². The molecule has 0 saturated heterocycles. The van der Waals surface area contributed by atoms with Crippen LogP contribution in [0, 0.1) is 0 Å². The minimum absolute atomic E-state index is 0.0456. The van der Waals surface area contributed by atoms with Gasteiger partial charge in [-0.25, -0.2) is 13.6 Å². The van der Waals surface area contributed by atoms with E-state index < -0.39 is 35.7 Å². The standard InChI is InChI=1S/C18H14Cl2F5N3O2/c1-16(30)11-4-12(19)14(13(20)10(11)5-17(16,21)22)28-15(29)27-7-9-3-2-8(6-26-9)18(23,24)25/h2-4,6,30H,5,7H2,1H3,(H2,27,28,29). The molecule has 0 fully saturated rings. The first-order valence-electron chi connectivity index (χ1n) is 8.42. The number of pyridine rings is 1. The number of carbonyl (C=O) groups excluding carboxylic acids is 1. The van der Waals surface area contributed by atoms with Crippen LogP contribution in [0.3, 0.4) is 0 Å². The number of aromatic nitrogens is 1. The van der Waals surface area contributed by atoms with Crippen LogP contribution in [0.5, 0.6) is 0 Å². The van der Waals surface area contributed by atoms with Crippen LogP contribution < -0.4 is 10.6 Å². The molecule has 1 unspecified atom stereocenters. The van der Waals surface area contributed by atoms with Crippen LogP contribution in [0.25, 0.3) is 0 Å². The number of aliphatic hydroxyl groups is 1. The van der Waals surface area contributed by atoms with Crippen molar-refractivity contribution in [2.24, 2.45) is 0 Å². The molecule has 3 N–H and O–H groups in total. The maximum atomic E-state index is 14.1. The van der Waals surface area contributed by atoms with Gasteiger partial charge in [0, 0.05) is 12.6 Å². The fourth-order valence-corrected chi connectivity index (χ4v) is 3.62. The van der Waals surface area contributed by atoms with E-state index in [-0.39, 0.29) is 39.1 Å². The van der Waals surface area contributed by atoms with Crippen molar-refractivity contribution in [3.8, 4) is 0 Å². The molecule has 1 atom stereocenters. The molecular formula is C18H14Cl2F5N3O2. The molecule has 12 heteroatoms. The molecule has 1 aliphatic rings. The minimum atomic E-state index is -4.53. The highest BCUT2D eigenvalue weighted by Crippen LogP contribution is 2.52. The largest absolute Gasteiger partial charge is 0.417 e. The molecule has 0 radical (unpaired) electrons. The monoisotopic (exact) mass is 469 g/mol. The lowest BCUT2D eigenvalue weighted by Crippen LogP contribution is -2.38. The van der Waals surface area contributed by atoms with Crippen LogP contribution in [-0.4, -0.2) is 22.0 Å². The number of halogens is 7. The van der Waals surface area contributed by atoms with Gasteiger partial charge in [0.15, 0.2) is 5.60 Å². The van der Waals surface area contributed by atoms with Crippen LogP contribution in [0.15, 0.2) is 24.4 Å². The summed E-state index contributed by atoms with van der Waals surface area (Å²) in [5.74, 6) is -3.47. The fourth-order valence-electron chi connectivity index (χ4n) is 3.00. The number of rotatable bonds is 3. The van der Waals surface area contributed by atoms with E-state index in [4.69, 9.17) is 23.2 Å². The van der Waals surface area contributed by atoms with Gasteiger partial charge < -0.3 is 15.7 Å². The molecule has 1 aromatic carbocycles. The Morgan fingerprint density at radius 2 is 1.97 bits per heavy atom. The Hall–Kier alpha value is -2.17. The summed E-state index contributed by atoms with van der Waals surface area (Å²) in [4.78, 5) is 15.7. The van der Waals surface area contributed by atoms with Gasteiger partial charge in [0.1, 0.15) is 0 Å². The number of anilines is 1. The zero-order valence-electron chi connectivity index (χ0n) is 15.2. The summed E-state index contributed by atoms with van der Waals surface area (Å²) in [6, 6.07) is 2.19. The maximum Gasteiger partial charge on any atom is 0.417 e. The van der Waals surface area contributed by atoms with Gasteiger partial charge in [-0.1, -0.05) is 23.2 Å². The number of carbonyl (C=O) groups is 1. The number of nitrogens with one attached hydrogen (secondary N) is 2. The molecule has 0 saturated carbocycles. The average Bonchev–Trinajstić information content (AvgIpc) is 2.82. The number of hydrogen-bond acceptors (Lipinski definition) is 3. The number of urea groups is 1. The first-order valence-corrected chi connectivity index (χ1v) is 9.18. The van der Waals surface area contributed by atoms with Gasteiger partial charge in [-0.3, -0.25) is 4.98 Å². The quantitative estimate of drug-likeness (QED) is 0.545. The predicted molar refractivity (Wildman–Crippen MR) is 99.8 cm³/mol. The Bertz CT molecular complexity index is 995. The molecule has 3 rings (SSSR count). The number of nitrogens with zero attached hydrogens (tertiary/aromatic N) is 1. The second-order valence-electron chi connectivity index (χ2n) is 6.87. The van der Waals surface area contributed by atoms with E-state index in [0.29, 0.717) is 6.20 Å². The molecule has 2 amide bonds. The number of alkyl halides is 5. The van der Waals surface area contributed by atoms with Crippen molar-refractivity contribution >= 4 is 34.9 Å². The third-order valence-corrected chi connectivity index (χ3v) is 5.49. The van der Waals surface area contributed by atoms with Gasteiger partial charge in [0.2, 0.25) is 0 Å². The lowest BCUT2D eigenvalue weighted by atomic mass is 9.96. The smallest absolute Gasteiger partial charge is 0.379 e. The molecule has 162 valence electrons. The van der Waals surface area contributed by atoms with Crippen molar-refractivity contribution in [1.82, 2.24) is 10.3 Å². The van der Waals surface area contributed by atoms with Gasteiger partial charge in [-0.2, -0.15) is 13.2 Å². The zero-order valence-corrected chi connectivity index (χ0v) is 16.7. The first-order chi connectivity index (χ1) is 13.7. The molecular weight excluding hydrogens is 456 g/mol. The SMILES string of the molecule is CC1(O)c2cc(Cl)c(NC(=O)NCc3ccc(C(F)(F)F)cn3)c(Cl)c2CC1(F)F.